The lowest BCUT2D eigenvalue weighted by molar-refractivity contribution is 0.0946. The molecule has 1 amide bonds. The number of carbonyl (C=O) groups excluding carboxylic acids is 1. The van der Waals surface area contributed by atoms with E-state index >= 15 is 0 Å². The monoisotopic (exact) mass is 292 g/mol. The molecule has 2 heterocycles. The fourth-order valence-corrected chi connectivity index (χ4v) is 2.24. The molecule has 2 aromatic rings. The fraction of sp³-hybridized carbons (Fsp3) is 0.167. The average Bonchev–Trinajstić information content (AvgIpc) is 2.82. The van der Waals surface area contributed by atoms with Gasteiger partial charge >= 0.3 is 0 Å². The Morgan fingerprint density at radius 3 is 2.84 bits per heavy atom. The first kappa shape index (κ1) is 13.6. The minimum absolute atomic E-state index is 0.248. The molecule has 98 valence electrons. The molecule has 2 aromatic heterocycles. The number of hydrogen-bond acceptors (Lipinski definition) is 5. The van der Waals surface area contributed by atoms with Gasteiger partial charge in [0, 0.05) is 22.8 Å². The normalized spacial score (nSPS) is 10.2. The van der Waals surface area contributed by atoms with Crippen molar-refractivity contribution in [2.75, 3.05) is 0 Å². The zero-order chi connectivity index (χ0) is 13.8. The number of thiocarbonyl (C=S) groups is 1. The molecule has 7 heteroatoms. The Morgan fingerprint density at radius 2 is 2.32 bits per heavy atom. The van der Waals surface area contributed by atoms with Crippen molar-refractivity contribution in [2.45, 2.75) is 13.5 Å². The Bertz CT molecular complexity index is 606. The standard InChI is InChI=1S/C12H12N4OS2/c1-7-6-19-10(16-7)5-15-12(17)9-3-2-8(4-14-9)11(13)18/h2-4,6H,5H2,1H3,(H2,13,18)(H,15,17). The molecule has 0 aliphatic rings. The van der Waals surface area contributed by atoms with Crippen molar-refractivity contribution in [3.63, 3.8) is 0 Å². The van der Waals surface area contributed by atoms with Gasteiger partial charge in [-0.15, -0.1) is 11.3 Å². The molecule has 0 spiro atoms. The summed E-state index contributed by atoms with van der Waals surface area (Å²) in [6.07, 6.45) is 1.49. The molecule has 0 unspecified atom stereocenters. The molecule has 0 radical (unpaired) electrons. The molecule has 0 fully saturated rings. The highest BCUT2D eigenvalue weighted by molar-refractivity contribution is 7.80. The minimum Gasteiger partial charge on any atom is -0.389 e. The molecule has 2 rings (SSSR count). The van der Waals surface area contributed by atoms with Gasteiger partial charge < -0.3 is 11.1 Å². The van der Waals surface area contributed by atoms with E-state index in [1.54, 1.807) is 12.1 Å². The van der Waals surface area contributed by atoms with Crippen molar-refractivity contribution in [1.29, 1.82) is 0 Å². The molecular weight excluding hydrogens is 280 g/mol. The van der Waals surface area contributed by atoms with Crippen LogP contribution in [-0.4, -0.2) is 20.9 Å². The van der Waals surface area contributed by atoms with Crippen LogP contribution in [-0.2, 0) is 6.54 Å². The molecule has 5 nitrogen and oxygen atoms in total. The molecule has 0 aromatic carbocycles. The topological polar surface area (TPSA) is 80.9 Å². The maximum absolute atomic E-state index is 11.8. The molecule has 3 N–H and O–H groups in total. The number of carbonyl (C=O) groups is 1. The number of aromatic nitrogens is 2. The Hall–Kier alpha value is -1.86. The van der Waals surface area contributed by atoms with Gasteiger partial charge in [0.15, 0.2) is 0 Å². The van der Waals surface area contributed by atoms with Crippen LogP contribution in [0.15, 0.2) is 23.7 Å². The second-order valence-corrected chi connectivity index (χ2v) is 5.24. The summed E-state index contributed by atoms with van der Waals surface area (Å²) in [6, 6.07) is 3.27. The summed E-state index contributed by atoms with van der Waals surface area (Å²) < 4.78 is 0. The average molecular weight is 292 g/mol. The van der Waals surface area contributed by atoms with Crippen LogP contribution in [0.1, 0.15) is 26.8 Å². The molecular formula is C12H12N4OS2. The Labute approximate surface area is 119 Å². The van der Waals surface area contributed by atoms with E-state index in [4.69, 9.17) is 18.0 Å². The summed E-state index contributed by atoms with van der Waals surface area (Å²) in [5.74, 6) is -0.248. The number of pyridine rings is 1. The maximum atomic E-state index is 11.8. The first-order chi connectivity index (χ1) is 9.06. The number of rotatable bonds is 4. The lowest BCUT2D eigenvalue weighted by atomic mass is 10.2. The van der Waals surface area contributed by atoms with Crippen LogP contribution in [0.25, 0.3) is 0 Å². The zero-order valence-corrected chi connectivity index (χ0v) is 11.8. The van der Waals surface area contributed by atoms with Gasteiger partial charge in [-0.3, -0.25) is 9.78 Å². The highest BCUT2D eigenvalue weighted by atomic mass is 32.1. The molecule has 0 aliphatic carbocycles. The third kappa shape index (κ3) is 3.55. The SMILES string of the molecule is Cc1csc(CNC(=O)c2ccc(C(N)=S)cn2)n1. The van der Waals surface area contributed by atoms with Gasteiger partial charge in [-0.1, -0.05) is 12.2 Å². The summed E-state index contributed by atoms with van der Waals surface area (Å²) >= 11 is 6.33. The van der Waals surface area contributed by atoms with E-state index in [0.29, 0.717) is 17.8 Å². The first-order valence-corrected chi connectivity index (χ1v) is 6.80. The molecule has 19 heavy (non-hydrogen) atoms. The number of thiazole rings is 1. The van der Waals surface area contributed by atoms with E-state index in [2.05, 4.69) is 15.3 Å². The highest BCUT2D eigenvalue weighted by Gasteiger charge is 2.08. The number of hydrogen-bond donors (Lipinski definition) is 2. The number of nitrogens with zero attached hydrogens (tertiary/aromatic N) is 2. The summed E-state index contributed by atoms with van der Waals surface area (Å²) in [4.78, 5) is 20.4. The van der Waals surface area contributed by atoms with Crippen molar-refractivity contribution < 1.29 is 4.79 Å². The van der Waals surface area contributed by atoms with Gasteiger partial charge in [0.05, 0.1) is 6.54 Å². The predicted octanol–water partition coefficient (Wildman–Crippen LogP) is 1.41. The fourth-order valence-electron chi connectivity index (χ4n) is 1.40. The second-order valence-electron chi connectivity index (χ2n) is 3.86. The third-order valence-corrected chi connectivity index (χ3v) is 3.55. The molecule has 0 atom stereocenters. The number of aryl methyl sites for hydroxylation is 1. The number of nitrogens with one attached hydrogen (secondary N) is 1. The quantitative estimate of drug-likeness (QED) is 0.833. The van der Waals surface area contributed by atoms with Crippen molar-refractivity contribution in [3.8, 4) is 0 Å². The van der Waals surface area contributed by atoms with Crippen LogP contribution in [0, 0.1) is 6.92 Å². The van der Waals surface area contributed by atoms with E-state index in [1.165, 1.54) is 17.5 Å². The summed E-state index contributed by atoms with van der Waals surface area (Å²) in [7, 11) is 0. The van der Waals surface area contributed by atoms with E-state index in [-0.39, 0.29) is 10.9 Å². The summed E-state index contributed by atoms with van der Waals surface area (Å²) in [6.45, 7) is 2.31. The molecule has 0 saturated heterocycles. The van der Waals surface area contributed by atoms with Gasteiger partial charge in [-0.25, -0.2) is 4.98 Å². The van der Waals surface area contributed by atoms with Crippen LogP contribution in [0.4, 0.5) is 0 Å². The van der Waals surface area contributed by atoms with Gasteiger partial charge in [0.2, 0.25) is 0 Å². The van der Waals surface area contributed by atoms with Gasteiger partial charge in [0.25, 0.3) is 5.91 Å². The second kappa shape index (κ2) is 5.85. The summed E-state index contributed by atoms with van der Waals surface area (Å²) in [5.41, 5.74) is 7.38. The number of nitrogens with two attached hydrogens (primary N) is 1. The van der Waals surface area contributed by atoms with Crippen molar-refractivity contribution >= 4 is 34.5 Å². The first-order valence-electron chi connectivity index (χ1n) is 5.51. The zero-order valence-electron chi connectivity index (χ0n) is 10.2. The third-order valence-electron chi connectivity index (χ3n) is 2.35. The lowest BCUT2D eigenvalue weighted by Crippen LogP contribution is -2.24. The van der Waals surface area contributed by atoms with Crippen LogP contribution < -0.4 is 11.1 Å². The van der Waals surface area contributed by atoms with Crippen LogP contribution >= 0.6 is 23.6 Å². The van der Waals surface area contributed by atoms with Crippen LogP contribution in [0.5, 0.6) is 0 Å². The van der Waals surface area contributed by atoms with Crippen molar-refractivity contribution in [2.24, 2.45) is 5.73 Å². The van der Waals surface area contributed by atoms with Gasteiger partial charge in [0.1, 0.15) is 15.7 Å². The Balaban J connectivity index is 1.98. The highest BCUT2D eigenvalue weighted by Crippen LogP contribution is 2.08. The van der Waals surface area contributed by atoms with Gasteiger partial charge in [-0.05, 0) is 19.1 Å². The van der Waals surface area contributed by atoms with E-state index in [1.807, 2.05) is 12.3 Å². The Morgan fingerprint density at radius 1 is 1.53 bits per heavy atom. The molecule has 0 bridgehead atoms. The predicted molar refractivity (Wildman–Crippen MR) is 78.1 cm³/mol. The van der Waals surface area contributed by atoms with Crippen molar-refractivity contribution in [3.05, 3.63) is 45.7 Å². The summed E-state index contributed by atoms with van der Waals surface area (Å²) in [5, 5.41) is 5.57. The number of amides is 1. The van der Waals surface area contributed by atoms with Gasteiger partial charge in [-0.2, -0.15) is 0 Å². The molecule has 0 aliphatic heterocycles. The van der Waals surface area contributed by atoms with Crippen LogP contribution in [0.3, 0.4) is 0 Å². The Kier molecular flexibility index (Phi) is 4.18. The van der Waals surface area contributed by atoms with Crippen LogP contribution in [0.2, 0.25) is 0 Å². The smallest absolute Gasteiger partial charge is 0.270 e. The largest absolute Gasteiger partial charge is 0.389 e. The minimum atomic E-state index is -0.248. The molecule has 0 saturated carbocycles. The maximum Gasteiger partial charge on any atom is 0.270 e. The lowest BCUT2D eigenvalue weighted by Gasteiger charge is -2.03. The van der Waals surface area contributed by atoms with E-state index < -0.39 is 0 Å². The van der Waals surface area contributed by atoms with Crippen molar-refractivity contribution in [1.82, 2.24) is 15.3 Å². The van der Waals surface area contributed by atoms with E-state index in [9.17, 15) is 4.79 Å². The van der Waals surface area contributed by atoms with E-state index in [0.717, 1.165) is 10.7 Å².